The van der Waals surface area contributed by atoms with Gasteiger partial charge in [0.2, 0.25) is 5.91 Å². The van der Waals surface area contributed by atoms with Gasteiger partial charge in [-0.1, -0.05) is 23.9 Å². The summed E-state index contributed by atoms with van der Waals surface area (Å²) < 4.78 is 13.1. The number of carbonyl (C=O) groups excluding carboxylic acids is 1. The van der Waals surface area contributed by atoms with Crippen molar-refractivity contribution in [1.29, 1.82) is 0 Å². The van der Waals surface area contributed by atoms with Gasteiger partial charge >= 0.3 is 0 Å². The number of aryl methyl sites for hydroxylation is 1. The molecule has 1 atom stereocenters. The van der Waals surface area contributed by atoms with Gasteiger partial charge in [0.25, 0.3) is 10.8 Å². The summed E-state index contributed by atoms with van der Waals surface area (Å²) in [5.74, 6) is 0.851. The molecule has 3 aromatic rings. The molecule has 0 spiro atoms. The van der Waals surface area contributed by atoms with Crippen LogP contribution in [0, 0.1) is 6.92 Å². The van der Waals surface area contributed by atoms with Crippen molar-refractivity contribution in [2.75, 3.05) is 18.8 Å². The van der Waals surface area contributed by atoms with Gasteiger partial charge in [-0.25, -0.2) is 4.98 Å². The number of carbonyl (C=O) groups is 1. The van der Waals surface area contributed by atoms with Crippen LogP contribution in [0.4, 0.5) is 0 Å². The fourth-order valence-corrected chi connectivity index (χ4v) is 3.92. The van der Waals surface area contributed by atoms with Crippen molar-refractivity contribution in [2.45, 2.75) is 24.7 Å². The van der Waals surface area contributed by atoms with Crippen LogP contribution in [0.15, 0.2) is 50.8 Å². The van der Waals surface area contributed by atoms with Crippen LogP contribution in [0.1, 0.15) is 12.1 Å². The number of aromatic nitrogens is 2. The summed E-state index contributed by atoms with van der Waals surface area (Å²) in [6.45, 7) is 3.02. The summed E-state index contributed by atoms with van der Waals surface area (Å²) in [6.07, 6.45) is 0.637. The van der Waals surface area contributed by atoms with Crippen LogP contribution in [0.3, 0.4) is 0 Å². The molecule has 28 heavy (non-hydrogen) atoms. The summed E-state index contributed by atoms with van der Waals surface area (Å²) in [5, 5.41) is 0.497. The lowest BCUT2D eigenvalue weighted by atomic mass is 10.3. The first-order valence-corrected chi connectivity index (χ1v) is 10.1. The Bertz CT molecular complexity index is 1040. The number of thioether (sulfide) groups is 1. The van der Waals surface area contributed by atoms with Crippen molar-refractivity contribution in [3.8, 4) is 5.75 Å². The van der Waals surface area contributed by atoms with Gasteiger partial charge in [0.05, 0.1) is 12.3 Å². The molecule has 1 saturated heterocycles. The summed E-state index contributed by atoms with van der Waals surface area (Å²) in [5.41, 5.74) is 2.24. The van der Waals surface area contributed by atoms with Crippen LogP contribution < -0.4 is 10.3 Å². The topological polar surface area (TPSA) is 77.6 Å². The van der Waals surface area contributed by atoms with Crippen molar-refractivity contribution < 1.29 is 13.9 Å². The van der Waals surface area contributed by atoms with Crippen LogP contribution in [-0.4, -0.2) is 45.3 Å². The molecule has 0 bridgehead atoms. The molecule has 0 saturated carbocycles. The number of amides is 1. The SMILES string of the molecule is Cc1cc(OC2CCN(C(=O)CSc3nc4ccccc4o3)C2)cc(=O)n1C. The van der Waals surface area contributed by atoms with E-state index < -0.39 is 0 Å². The monoisotopic (exact) mass is 399 g/mol. The van der Waals surface area contributed by atoms with Crippen LogP contribution in [0.5, 0.6) is 5.75 Å². The van der Waals surface area contributed by atoms with E-state index >= 15 is 0 Å². The molecule has 1 amide bonds. The fraction of sp³-hybridized carbons (Fsp3) is 0.350. The molecule has 1 aliphatic heterocycles. The zero-order valence-corrected chi connectivity index (χ0v) is 16.6. The average Bonchev–Trinajstić information content (AvgIpc) is 3.30. The molecular weight excluding hydrogens is 378 g/mol. The third kappa shape index (κ3) is 3.91. The standard InChI is InChI=1S/C20H21N3O4S/c1-13-9-15(10-18(24)22(13)2)26-14-7-8-23(11-14)19(25)12-28-20-21-16-5-3-4-6-17(16)27-20/h3-6,9-10,14H,7-8,11-12H2,1-2H3. The molecule has 2 aromatic heterocycles. The molecule has 1 aliphatic rings. The van der Waals surface area contributed by atoms with Gasteiger partial charge in [-0.2, -0.15) is 0 Å². The lowest BCUT2D eigenvalue weighted by molar-refractivity contribution is -0.127. The second-order valence-electron chi connectivity index (χ2n) is 6.83. The zero-order valence-electron chi connectivity index (χ0n) is 15.8. The third-order valence-electron chi connectivity index (χ3n) is 4.87. The first kappa shape index (κ1) is 18.6. The molecule has 4 rings (SSSR count). The minimum Gasteiger partial charge on any atom is -0.488 e. The minimum atomic E-state index is -0.107. The lowest BCUT2D eigenvalue weighted by Crippen LogP contribution is -2.32. The molecule has 0 aliphatic carbocycles. The Morgan fingerprint density at radius 2 is 2.18 bits per heavy atom. The van der Waals surface area contributed by atoms with Crippen LogP contribution in [-0.2, 0) is 11.8 Å². The highest BCUT2D eigenvalue weighted by Gasteiger charge is 2.28. The molecule has 1 unspecified atom stereocenters. The summed E-state index contributed by atoms with van der Waals surface area (Å²) in [6, 6.07) is 10.9. The predicted octanol–water partition coefficient (Wildman–Crippen LogP) is 2.61. The van der Waals surface area contributed by atoms with Crippen molar-refractivity contribution in [3.05, 3.63) is 52.4 Å². The number of hydrogen-bond donors (Lipinski definition) is 0. The van der Waals surface area contributed by atoms with Crippen molar-refractivity contribution >= 4 is 28.8 Å². The van der Waals surface area contributed by atoms with E-state index in [0.717, 1.165) is 23.2 Å². The normalized spacial score (nSPS) is 16.6. The Morgan fingerprint density at radius 1 is 1.36 bits per heavy atom. The maximum atomic E-state index is 12.5. The Balaban J connectivity index is 1.32. The highest BCUT2D eigenvalue weighted by Crippen LogP contribution is 2.24. The maximum absolute atomic E-state index is 12.5. The number of rotatable bonds is 5. The third-order valence-corrected chi connectivity index (χ3v) is 5.68. The highest BCUT2D eigenvalue weighted by atomic mass is 32.2. The van der Waals surface area contributed by atoms with Gasteiger partial charge in [-0.15, -0.1) is 0 Å². The second-order valence-corrected chi connectivity index (χ2v) is 7.76. The van der Waals surface area contributed by atoms with Crippen LogP contribution in [0.2, 0.25) is 0 Å². The number of ether oxygens (including phenoxy) is 1. The number of hydrogen-bond acceptors (Lipinski definition) is 6. The predicted molar refractivity (Wildman–Crippen MR) is 107 cm³/mol. The quantitative estimate of drug-likeness (QED) is 0.614. The van der Waals surface area contributed by atoms with E-state index in [2.05, 4.69) is 4.98 Å². The van der Waals surface area contributed by atoms with Gasteiger partial charge in [0, 0.05) is 31.8 Å². The second kappa shape index (κ2) is 7.71. The number of fused-ring (bicyclic) bond motifs is 1. The van der Waals surface area contributed by atoms with Gasteiger partial charge in [0.15, 0.2) is 5.58 Å². The van der Waals surface area contributed by atoms with E-state index in [1.54, 1.807) is 16.5 Å². The number of nitrogens with zero attached hydrogens (tertiary/aromatic N) is 3. The molecule has 0 radical (unpaired) electrons. The van der Waals surface area contributed by atoms with E-state index in [0.29, 0.717) is 24.1 Å². The molecule has 1 fully saturated rings. The summed E-state index contributed by atoms with van der Waals surface area (Å²) >= 11 is 1.30. The number of likely N-dealkylation sites (tertiary alicyclic amines) is 1. The Hall–Kier alpha value is -2.74. The molecule has 7 nitrogen and oxygen atoms in total. The van der Waals surface area contributed by atoms with E-state index in [-0.39, 0.29) is 23.3 Å². The maximum Gasteiger partial charge on any atom is 0.257 e. The molecule has 8 heteroatoms. The molecule has 3 heterocycles. The van der Waals surface area contributed by atoms with Gasteiger partial charge < -0.3 is 18.6 Å². The average molecular weight is 399 g/mol. The molecule has 146 valence electrons. The Labute approximate surface area is 166 Å². The number of benzene rings is 1. The summed E-state index contributed by atoms with van der Waals surface area (Å²) in [7, 11) is 1.73. The Morgan fingerprint density at radius 3 is 2.96 bits per heavy atom. The number of oxazole rings is 1. The van der Waals surface area contributed by atoms with Crippen molar-refractivity contribution in [2.24, 2.45) is 7.05 Å². The van der Waals surface area contributed by atoms with E-state index in [9.17, 15) is 9.59 Å². The fourth-order valence-electron chi connectivity index (χ4n) is 3.18. The summed E-state index contributed by atoms with van der Waals surface area (Å²) in [4.78, 5) is 30.6. The van der Waals surface area contributed by atoms with Gasteiger partial charge in [-0.05, 0) is 25.1 Å². The Kier molecular flexibility index (Phi) is 5.13. The van der Waals surface area contributed by atoms with Crippen molar-refractivity contribution in [3.63, 3.8) is 0 Å². The number of pyridine rings is 1. The molecular formula is C20H21N3O4S. The van der Waals surface area contributed by atoms with Crippen molar-refractivity contribution in [1.82, 2.24) is 14.5 Å². The van der Waals surface area contributed by atoms with E-state index in [1.165, 1.54) is 17.8 Å². The largest absolute Gasteiger partial charge is 0.488 e. The van der Waals surface area contributed by atoms with E-state index in [1.807, 2.05) is 37.3 Å². The van der Waals surface area contributed by atoms with Gasteiger partial charge in [-0.3, -0.25) is 9.59 Å². The molecule has 1 aromatic carbocycles. The zero-order chi connectivity index (χ0) is 19.7. The smallest absolute Gasteiger partial charge is 0.257 e. The minimum absolute atomic E-state index is 0.0264. The first-order valence-electron chi connectivity index (χ1n) is 9.10. The van der Waals surface area contributed by atoms with Gasteiger partial charge in [0.1, 0.15) is 17.4 Å². The first-order chi connectivity index (χ1) is 13.5. The van der Waals surface area contributed by atoms with E-state index in [4.69, 9.17) is 9.15 Å². The van der Waals surface area contributed by atoms with Crippen LogP contribution in [0.25, 0.3) is 11.1 Å². The molecule has 0 N–H and O–H groups in total. The highest BCUT2D eigenvalue weighted by molar-refractivity contribution is 7.99. The van der Waals surface area contributed by atoms with Crippen LogP contribution >= 0.6 is 11.8 Å². The lowest BCUT2D eigenvalue weighted by Gasteiger charge is -2.17. The number of para-hydroxylation sites is 2.